The van der Waals surface area contributed by atoms with E-state index in [9.17, 15) is 5.11 Å². The highest BCUT2D eigenvalue weighted by atomic mass is 16.5. The number of nitrogens with zero attached hydrogens (tertiary/aromatic N) is 4. The first kappa shape index (κ1) is 16.8. The van der Waals surface area contributed by atoms with Crippen molar-refractivity contribution < 1.29 is 9.84 Å². The van der Waals surface area contributed by atoms with E-state index in [1.165, 1.54) is 5.56 Å². The van der Waals surface area contributed by atoms with Crippen LogP contribution in [0.4, 0.5) is 5.69 Å². The van der Waals surface area contributed by atoms with Crippen molar-refractivity contribution in [3.05, 3.63) is 47.9 Å². The van der Waals surface area contributed by atoms with E-state index in [0.29, 0.717) is 0 Å². The summed E-state index contributed by atoms with van der Waals surface area (Å²) in [7, 11) is 3.60. The summed E-state index contributed by atoms with van der Waals surface area (Å²) in [6, 6.07) is 8.16. The van der Waals surface area contributed by atoms with Crippen molar-refractivity contribution in [2.24, 2.45) is 13.0 Å². The van der Waals surface area contributed by atoms with Crippen LogP contribution >= 0.6 is 0 Å². The highest BCUT2D eigenvalue weighted by molar-refractivity contribution is 5.95. The van der Waals surface area contributed by atoms with Gasteiger partial charge in [0.25, 0.3) is 0 Å². The van der Waals surface area contributed by atoms with Gasteiger partial charge in [-0.3, -0.25) is 4.68 Å². The zero-order chi connectivity index (χ0) is 18.3. The van der Waals surface area contributed by atoms with Crippen LogP contribution in [0.2, 0.25) is 0 Å². The minimum Gasteiger partial charge on any atom is -0.494 e. The summed E-state index contributed by atoms with van der Waals surface area (Å²) in [5, 5.41) is 15.3. The molecule has 0 amide bonds. The fraction of sp³-hybridized carbons (Fsp3) is 0.400. The van der Waals surface area contributed by atoms with Gasteiger partial charge >= 0.3 is 0 Å². The number of aliphatic hydroxyl groups excluding tert-OH is 1. The lowest BCUT2D eigenvalue weighted by atomic mass is 9.92. The lowest BCUT2D eigenvalue weighted by Gasteiger charge is -2.21. The summed E-state index contributed by atoms with van der Waals surface area (Å²) in [5.74, 6) is 1.24. The molecule has 3 aromatic rings. The predicted octanol–water partition coefficient (Wildman–Crippen LogP) is 2.50. The van der Waals surface area contributed by atoms with Gasteiger partial charge in [0.05, 0.1) is 13.3 Å². The second kappa shape index (κ2) is 6.61. The van der Waals surface area contributed by atoms with E-state index in [0.717, 1.165) is 41.1 Å². The first-order valence-electron chi connectivity index (χ1n) is 8.89. The molecule has 26 heavy (non-hydrogen) atoms. The van der Waals surface area contributed by atoms with Gasteiger partial charge in [-0.25, -0.2) is 4.98 Å². The van der Waals surface area contributed by atoms with Crippen LogP contribution in [0.15, 0.2) is 36.7 Å². The SMILES string of the molecule is COc1cccc2c(N3C[C@@H](CO)[C@H](c4cnn(C)c4)C3)cc(C)nc12. The highest BCUT2D eigenvalue weighted by Crippen LogP contribution is 2.39. The number of aliphatic hydroxyl groups is 1. The molecule has 1 aliphatic rings. The lowest BCUT2D eigenvalue weighted by molar-refractivity contribution is 0.227. The second-order valence-corrected chi connectivity index (χ2v) is 7.04. The number of ether oxygens (including phenoxy) is 1. The average molecular weight is 352 g/mol. The number of anilines is 1. The molecule has 0 radical (unpaired) electrons. The molecule has 1 saturated heterocycles. The number of aromatic nitrogens is 3. The number of hydrogen-bond acceptors (Lipinski definition) is 5. The number of methoxy groups -OCH3 is 1. The number of rotatable bonds is 4. The third kappa shape index (κ3) is 2.80. The van der Waals surface area contributed by atoms with Crippen LogP contribution in [-0.4, -0.2) is 46.7 Å². The zero-order valence-corrected chi connectivity index (χ0v) is 15.4. The zero-order valence-electron chi connectivity index (χ0n) is 15.4. The molecule has 1 N–H and O–H groups in total. The van der Waals surface area contributed by atoms with Crippen molar-refractivity contribution in [3.8, 4) is 5.75 Å². The molecule has 6 heteroatoms. The molecular weight excluding hydrogens is 328 g/mol. The molecule has 0 unspecified atom stereocenters. The maximum atomic E-state index is 9.93. The Hall–Kier alpha value is -2.60. The number of fused-ring (bicyclic) bond motifs is 1. The summed E-state index contributed by atoms with van der Waals surface area (Å²) in [5.41, 5.74) is 4.18. The Balaban J connectivity index is 1.76. The molecule has 3 heterocycles. The molecule has 0 spiro atoms. The highest BCUT2D eigenvalue weighted by Gasteiger charge is 2.35. The molecule has 4 rings (SSSR count). The molecule has 1 fully saturated rings. The maximum Gasteiger partial charge on any atom is 0.145 e. The number of para-hydroxylation sites is 1. The Morgan fingerprint density at radius 3 is 2.85 bits per heavy atom. The Labute approximate surface area is 153 Å². The van der Waals surface area contributed by atoms with E-state index < -0.39 is 0 Å². The van der Waals surface area contributed by atoms with E-state index in [-0.39, 0.29) is 18.4 Å². The number of benzene rings is 1. The van der Waals surface area contributed by atoms with Crippen LogP contribution in [0.5, 0.6) is 5.75 Å². The van der Waals surface area contributed by atoms with Gasteiger partial charge in [-0.15, -0.1) is 0 Å². The Morgan fingerprint density at radius 1 is 1.31 bits per heavy atom. The molecule has 1 aromatic carbocycles. The van der Waals surface area contributed by atoms with Gasteiger partial charge in [0.2, 0.25) is 0 Å². The van der Waals surface area contributed by atoms with Crippen molar-refractivity contribution in [1.82, 2.24) is 14.8 Å². The Bertz CT molecular complexity index is 937. The van der Waals surface area contributed by atoms with Crippen LogP contribution in [0.1, 0.15) is 17.2 Å². The Kier molecular flexibility index (Phi) is 4.28. The lowest BCUT2D eigenvalue weighted by Crippen LogP contribution is -2.21. The number of pyridine rings is 1. The van der Waals surface area contributed by atoms with E-state index in [2.05, 4.69) is 33.3 Å². The van der Waals surface area contributed by atoms with Gasteiger partial charge in [0.1, 0.15) is 11.3 Å². The van der Waals surface area contributed by atoms with Crippen molar-refractivity contribution >= 4 is 16.6 Å². The summed E-state index contributed by atoms with van der Waals surface area (Å²) < 4.78 is 7.33. The van der Waals surface area contributed by atoms with Gasteiger partial charge in [0.15, 0.2) is 0 Å². The quantitative estimate of drug-likeness (QED) is 0.782. The smallest absolute Gasteiger partial charge is 0.145 e. The maximum absolute atomic E-state index is 9.93. The van der Waals surface area contributed by atoms with E-state index >= 15 is 0 Å². The number of aryl methyl sites for hydroxylation is 2. The summed E-state index contributed by atoms with van der Waals surface area (Å²) in [6.07, 6.45) is 3.96. The van der Waals surface area contributed by atoms with Crippen molar-refractivity contribution in [1.29, 1.82) is 0 Å². The monoisotopic (exact) mass is 352 g/mol. The molecule has 0 aliphatic carbocycles. The molecule has 136 valence electrons. The summed E-state index contributed by atoms with van der Waals surface area (Å²) >= 11 is 0. The standard InChI is InChI=1S/C20H24N4O2/c1-13-7-18(16-5-4-6-19(26-3)20(16)22-13)24-10-15(12-25)17(11-24)14-8-21-23(2)9-14/h4-9,15,17,25H,10-12H2,1-3H3/t15-,17-/m0/s1. The van der Waals surface area contributed by atoms with Gasteiger partial charge in [-0.05, 0) is 24.6 Å². The molecule has 2 atom stereocenters. The molecule has 6 nitrogen and oxygen atoms in total. The molecule has 2 aromatic heterocycles. The third-order valence-electron chi connectivity index (χ3n) is 5.30. The predicted molar refractivity (Wildman–Crippen MR) is 102 cm³/mol. The van der Waals surface area contributed by atoms with Crippen LogP contribution in [0.25, 0.3) is 10.9 Å². The normalized spacial score (nSPS) is 20.1. The topological polar surface area (TPSA) is 63.4 Å². The van der Waals surface area contributed by atoms with Crippen LogP contribution in [-0.2, 0) is 7.05 Å². The minimum absolute atomic E-state index is 0.168. The van der Waals surface area contributed by atoms with E-state index in [4.69, 9.17) is 4.74 Å². The second-order valence-electron chi connectivity index (χ2n) is 7.04. The van der Waals surface area contributed by atoms with E-state index in [1.807, 2.05) is 37.0 Å². The Morgan fingerprint density at radius 2 is 2.15 bits per heavy atom. The van der Waals surface area contributed by atoms with Crippen LogP contribution in [0.3, 0.4) is 0 Å². The van der Waals surface area contributed by atoms with Crippen molar-refractivity contribution in [3.63, 3.8) is 0 Å². The van der Waals surface area contributed by atoms with Gasteiger partial charge < -0.3 is 14.7 Å². The first-order chi connectivity index (χ1) is 12.6. The third-order valence-corrected chi connectivity index (χ3v) is 5.30. The number of hydrogen-bond donors (Lipinski definition) is 1. The molecular formula is C20H24N4O2. The average Bonchev–Trinajstić information content (AvgIpc) is 3.26. The minimum atomic E-state index is 0.168. The van der Waals surface area contributed by atoms with Crippen molar-refractivity contribution in [2.75, 3.05) is 31.7 Å². The van der Waals surface area contributed by atoms with Crippen molar-refractivity contribution in [2.45, 2.75) is 12.8 Å². The van der Waals surface area contributed by atoms with Crippen LogP contribution in [0, 0.1) is 12.8 Å². The fourth-order valence-electron chi connectivity index (χ4n) is 4.02. The van der Waals surface area contributed by atoms with Gasteiger partial charge in [0, 0.05) is 61.5 Å². The van der Waals surface area contributed by atoms with E-state index in [1.54, 1.807) is 7.11 Å². The fourth-order valence-corrected chi connectivity index (χ4v) is 4.02. The largest absolute Gasteiger partial charge is 0.494 e. The molecule has 1 aliphatic heterocycles. The molecule has 0 saturated carbocycles. The summed E-state index contributed by atoms with van der Waals surface area (Å²) in [6.45, 7) is 3.84. The van der Waals surface area contributed by atoms with Gasteiger partial charge in [-0.2, -0.15) is 5.10 Å². The summed E-state index contributed by atoms with van der Waals surface area (Å²) in [4.78, 5) is 7.04. The van der Waals surface area contributed by atoms with Crippen LogP contribution < -0.4 is 9.64 Å². The first-order valence-corrected chi connectivity index (χ1v) is 8.89. The molecule has 0 bridgehead atoms. The van der Waals surface area contributed by atoms with Gasteiger partial charge in [-0.1, -0.05) is 12.1 Å².